The summed E-state index contributed by atoms with van der Waals surface area (Å²) in [5, 5.41) is 9.27. The molecule has 32 heavy (non-hydrogen) atoms. The second-order valence-electron chi connectivity index (χ2n) is 7.05. The first-order valence-corrected chi connectivity index (χ1v) is 11.3. The zero-order chi connectivity index (χ0) is 22.7. The molecular formula is C24H16Cl2N2O3S. The quantitative estimate of drug-likeness (QED) is 0.414. The largest absolute Gasteiger partial charge is 0.487 e. The van der Waals surface area contributed by atoms with Crippen LogP contribution in [0.2, 0.25) is 10.0 Å². The summed E-state index contributed by atoms with van der Waals surface area (Å²) in [6.45, 7) is 0.213. The lowest BCUT2D eigenvalue weighted by Gasteiger charge is -2.14. The van der Waals surface area contributed by atoms with Crippen molar-refractivity contribution in [3.63, 3.8) is 0 Å². The molecule has 3 aromatic rings. The Morgan fingerprint density at radius 3 is 2.50 bits per heavy atom. The van der Waals surface area contributed by atoms with Crippen LogP contribution in [-0.4, -0.2) is 16.4 Å². The molecule has 0 N–H and O–H groups in total. The molecule has 0 spiro atoms. The highest BCUT2D eigenvalue weighted by Crippen LogP contribution is 2.35. The van der Waals surface area contributed by atoms with Gasteiger partial charge in [-0.25, -0.2) is 4.90 Å². The second kappa shape index (κ2) is 9.66. The summed E-state index contributed by atoms with van der Waals surface area (Å²) >= 11 is 13.3. The minimum Gasteiger partial charge on any atom is -0.487 e. The molecule has 0 bridgehead atoms. The van der Waals surface area contributed by atoms with E-state index in [2.05, 4.69) is 6.07 Å². The highest BCUT2D eigenvalue weighted by molar-refractivity contribution is 8.15. The number of carbonyl (C=O) groups is 2. The van der Waals surface area contributed by atoms with Gasteiger partial charge in [0.15, 0.2) is 0 Å². The van der Waals surface area contributed by atoms with Crippen LogP contribution in [0.25, 0.3) is 0 Å². The normalized spacial score (nSPS) is 15.7. The Bertz CT molecular complexity index is 1220. The van der Waals surface area contributed by atoms with Crippen LogP contribution in [0.3, 0.4) is 0 Å². The standard InChI is InChI=1S/C24H16Cl2N2O3S/c25-18-6-8-19(9-7-18)28-23(29)22(32-24(28)30)12-15-5-10-21(20(26)11-15)31-14-17-4-2-1-3-16(17)13-27/h1-11,22H,12,14H2/t22-/m1/s1. The summed E-state index contributed by atoms with van der Waals surface area (Å²) in [7, 11) is 0. The van der Waals surface area contributed by atoms with Crippen molar-refractivity contribution >= 4 is 51.8 Å². The number of halogens is 2. The first kappa shape index (κ1) is 22.2. The zero-order valence-electron chi connectivity index (χ0n) is 16.6. The number of hydrogen-bond donors (Lipinski definition) is 0. The molecule has 1 saturated heterocycles. The minimum atomic E-state index is -0.538. The van der Waals surface area contributed by atoms with E-state index >= 15 is 0 Å². The molecule has 1 aliphatic heterocycles. The predicted octanol–water partition coefficient (Wildman–Crippen LogP) is 6.26. The number of anilines is 1. The van der Waals surface area contributed by atoms with Gasteiger partial charge in [-0.1, -0.05) is 59.2 Å². The Morgan fingerprint density at radius 1 is 1.03 bits per heavy atom. The second-order valence-corrected chi connectivity index (χ2v) is 9.05. The predicted molar refractivity (Wildman–Crippen MR) is 126 cm³/mol. The van der Waals surface area contributed by atoms with Crippen molar-refractivity contribution < 1.29 is 14.3 Å². The van der Waals surface area contributed by atoms with E-state index in [0.29, 0.717) is 33.5 Å². The third-order valence-corrected chi connectivity index (χ3v) is 6.53. The number of benzene rings is 3. The van der Waals surface area contributed by atoms with Gasteiger partial charge >= 0.3 is 0 Å². The molecule has 0 unspecified atom stereocenters. The van der Waals surface area contributed by atoms with Crippen LogP contribution in [0.1, 0.15) is 16.7 Å². The van der Waals surface area contributed by atoms with Gasteiger partial charge in [0.2, 0.25) is 5.91 Å². The van der Waals surface area contributed by atoms with Crippen LogP contribution < -0.4 is 9.64 Å². The van der Waals surface area contributed by atoms with E-state index in [0.717, 1.165) is 22.9 Å². The van der Waals surface area contributed by atoms with E-state index in [9.17, 15) is 14.9 Å². The molecule has 0 saturated carbocycles. The summed E-state index contributed by atoms with van der Waals surface area (Å²) in [6, 6.07) is 21.2. The molecule has 8 heteroatoms. The molecule has 1 heterocycles. The average Bonchev–Trinajstić information content (AvgIpc) is 3.07. The fraction of sp³-hybridized carbons (Fsp3) is 0.125. The smallest absolute Gasteiger partial charge is 0.293 e. The van der Waals surface area contributed by atoms with E-state index in [-0.39, 0.29) is 17.8 Å². The Hall–Kier alpha value is -2.98. The van der Waals surface area contributed by atoms with Gasteiger partial charge in [-0.3, -0.25) is 9.59 Å². The molecule has 0 aromatic heterocycles. The molecule has 1 fully saturated rings. The molecule has 160 valence electrons. The molecule has 4 rings (SSSR count). The lowest BCUT2D eigenvalue weighted by molar-refractivity contribution is -0.117. The molecule has 0 radical (unpaired) electrons. The number of imide groups is 1. The monoisotopic (exact) mass is 482 g/mol. The number of ether oxygens (including phenoxy) is 1. The Balaban J connectivity index is 1.43. The number of rotatable bonds is 6. The molecule has 1 atom stereocenters. The Labute approximate surface area is 199 Å². The summed E-state index contributed by atoms with van der Waals surface area (Å²) in [5.41, 5.74) is 2.63. The van der Waals surface area contributed by atoms with Crippen LogP contribution in [0.15, 0.2) is 66.7 Å². The Morgan fingerprint density at radius 2 is 1.78 bits per heavy atom. The van der Waals surface area contributed by atoms with Crippen LogP contribution in [0.4, 0.5) is 10.5 Å². The van der Waals surface area contributed by atoms with Gasteiger partial charge in [0.05, 0.1) is 27.6 Å². The third-order valence-electron chi connectivity index (χ3n) is 4.94. The van der Waals surface area contributed by atoms with Crippen molar-refractivity contribution in [1.82, 2.24) is 0 Å². The average molecular weight is 483 g/mol. The molecule has 3 aromatic carbocycles. The van der Waals surface area contributed by atoms with Gasteiger partial charge in [0, 0.05) is 10.6 Å². The maximum atomic E-state index is 12.8. The topological polar surface area (TPSA) is 70.4 Å². The molecular weight excluding hydrogens is 467 g/mol. The van der Waals surface area contributed by atoms with Gasteiger partial charge in [-0.2, -0.15) is 5.26 Å². The number of hydrogen-bond acceptors (Lipinski definition) is 5. The third kappa shape index (κ3) is 4.76. The van der Waals surface area contributed by atoms with E-state index in [1.807, 2.05) is 18.2 Å². The van der Waals surface area contributed by atoms with Crippen molar-refractivity contribution in [2.45, 2.75) is 18.3 Å². The molecule has 0 aliphatic carbocycles. The van der Waals surface area contributed by atoms with Crippen molar-refractivity contribution in [2.24, 2.45) is 0 Å². The summed E-state index contributed by atoms with van der Waals surface area (Å²) in [5.74, 6) is 0.208. The van der Waals surface area contributed by atoms with Crippen LogP contribution in [-0.2, 0) is 17.8 Å². The first-order chi connectivity index (χ1) is 15.5. The van der Waals surface area contributed by atoms with Gasteiger partial charge in [0.1, 0.15) is 12.4 Å². The van der Waals surface area contributed by atoms with Crippen LogP contribution in [0, 0.1) is 11.3 Å². The molecule has 5 nitrogen and oxygen atoms in total. The van der Waals surface area contributed by atoms with Crippen molar-refractivity contribution in [3.05, 3.63) is 93.5 Å². The van der Waals surface area contributed by atoms with Gasteiger partial charge < -0.3 is 4.74 Å². The minimum absolute atomic E-state index is 0.213. The van der Waals surface area contributed by atoms with Gasteiger partial charge in [0.25, 0.3) is 5.24 Å². The number of amides is 2. The highest BCUT2D eigenvalue weighted by Gasteiger charge is 2.40. The first-order valence-electron chi connectivity index (χ1n) is 9.65. The zero-order valence-corrected chi connectivity index (χ0v) is 19.0. The van der Waals surface area contributed by atoms with E-state index in [4.69, 9.17) is 27.9 Å². The van der Waals surface area contributed by atoms with Gasteiger partial charge in [-0.05, 0) is 54.4 Å². The fourth-order valence-corrected chi connectivity index (χ4v) is 4.73. The summed E-state index contributed by atoms with van der Waals surface area (Å²) < 4.78 is 5.78. The summed E-state index contributed by atoms with van der Waals surface area (Å²) in [4.78, 5) is 26.5. The van der Waals surface area contributed by atoms with Crippen molar-refractivity contribution in [3.8, 4) is 11.8 Å². The van der Waals surface area contributed by atoms with E-state index in [1.165, 1.54) is 4.90 Å². The Kier molecular flexibility index (Phi) is 6.71. The van der Waals surface area contributed by atoms with Gasteiger partial charge in [-0.15, -0.1) is 0 Å². The SMILES string of the molecule is N#Cc1ccccc1COc1ccc(C[C@H]2SC(=O)N(c3ccc(Cl)cc3)C2=O)cc1Cl. The van der Waals surface area contributed by atoms with E-state index in [1.54, 1.807) is 48.5 Å². The number of nitriles is 1. The van der Waals surface area contributed by atoms with Crippen molar-refractivity contribution in [2.75, 3.05) is 4.90 Å². The van der Waals surface area contributed by atoms with Crippen LogP contribution in [0.5, 0.6) is 5.75 Å². The lowest BCUT2D eigenvalue weighted by atomic mass is 10.1. The maximum Gasteiger partial charge on any atom is 0.293 e. The van der Waals surface area contributed by atoms with Crippen molar-refractivity contribution in [1.29, 1.82) is 5.26 Å². The molecule has 2 amide bonds. The molecule has 1 aliphatic rings. The number of thioether (sulfide) groups is 1. The number of nitrogens with zero attached hydrogens (tertiary/aromatic N) is 2. The maximum absolute atomic E-state index is 12.8. The fourth-order valence-electron chi connectivity index (χ4n) is 3.32. The van der Waals surface area contributed by atoms with Crippen LogP contribution >= 0.6 is 35.0 Å². The number of carbonyl (C=O) groups excluding carboxylic acids is 2. The summed E-state index contributed by atoms with van der Waals surface area (Å²) in [6.07, 6.45) is 0.358. The lowest BCUT2D eigenvalue weighted by Crippen LogP contribution is -2.32. The highest BCUT2D eigenvalue weighted by atomic mass is 35.5. The van der Waals surface area contributed by atoms with E-state index < -0.39 is 5.25 Å².